The molecule has 0 spiro atoms. The monoisotopic (exact) mass is 368 g/mol. The Morgan fingerprint density at radius 3 is 1.88 bits per heavy atom. The summed E-state index contributed by atoms with van der Waals surface area (Å²) in [5.41, 5.74) is -0.940. The SMILES string of the molecule is CC[C@@H](C)Nc1nc(N[C@@H](C)CC)nc(-c2cccc(C(F)(F)F)n2)n1. The molecule has 0 bridgehead atoms. The Bertz CT molecular complexity index is 704. The third-order valence-corrected chi connectivity index (χ3v) is 3.88. The van der Waals surface area contributed by atoms with Crippen LogP contribution in [0.2, 0.25) is 0 Å². The van der Waals surface area contributed by atoms with Gasteiger partial charge in [-0.05, 0) is 38.8 Å². The molecule has 0 aliphatic carbocycles. The van der Waals surface area contributed by atoms with Crippen LogP contribution in [0.25, 0.3) is 11.5 Å². The van der Waals surface area contributed by atoms with Crippen LogP contribution in [-0.2, 0) is 6.18 Å². The van der Waals surface area contributed by atoms with Crippen LogP contribution in [0.4, 0.5) is 25.1 Å². The fourth-order valence-corrected chi connectivity index (χ4v) is 1.98. The maximum atomic E-state index is 12.9. The Labute approximate surface area is 150 Å². The fourth-order valence-electron chi connectivity index (χ4n) is 1.98. The minimum Gasteiger partial charge on any atom is -0.352 e. The molecule has 0 radical (unpaired) electrons. The number of nitrogens with one attached hydrogen (secondary N) is 2. The normalized spacial score (nSPS) is 14.0. The number of aromatic nitrogens is 4. The molecule has 2 N–H and O–H groups in total. The van der Waals surface area contributed by atoms with Crippen molar-refractivity contribution in [3.8, 4) is 11.5 Å². The molecule has 0 fully saturated rings. The molecule has 6 nitrogen and oxygen atoms in total. The van der Waals surface area contributed by atoms with E-state index < -0.39 is 11.9 Å². The van der Waals surface area contributed by atoms with Gasteiger partial charge >= 0.3 is 6.18 Å². The van der Waals surface area contributed by atoms with Gasteiger partial charge in [-0.25, -0.2) is 4.98 Å². The van der Waals surface area contributed by atoms with E-state index in [1.807, 2.05) is 27.7 Å². The largest absolute Gasteiger partial charge is 0.433 e. The number of halogens is 3. The molecular formula is C17H23F3N6. The number of rotatable bonds is 7. The summed E-state index contributed by atoms with van der Waals surface area (Å²) in [5, 5.41) is 6.25. The van der Waals surface area contributed by atoms with Crippen LogP contribution in [0.3, 0.4) is 0 Å². The van der Waals surface area contributed by atoms with E-state index in [0.29, 0.717) is 11.9 Å². The lowest BCUT2D eigenvalue weighted by atomic mass is 10.2. The van der Waals surface area contributed by atoms with E-state index in [2.05, 4.69) is 30.6 Å². The number of hydrogen-bond acceptors (Lipinski definition) is 6. The molecule has 142 valence electrons. The van der Waals surface area contributed by atoms with Gasteiger partial charge in [0.25, 0.3) is 0 Å². The quantitative estimate of drug-likeness (QED) is 0.756. The first-order chi connectivity index (χ1) is 12.2. The second kappa shape index (κ2) is 8.29. The smallest absolute Gasteiger partial charge is 0.352 e. The van der Waals surface area contributed by atoms with Gasteiger partial charge < -0.3 is 10.6 Å². The highest BCUT2D eigenvalue weighted by Gasteiger charge is 2.32. The van der Waals surface area contributed by atoms with Crippen molar-refractivity contribution in [3.63, 3.8) is 0 Å². The van der Waals surface area contributed by atoms with Crippen LogP contribution >= 0.6 is 0 Å². The number of hydrogen-bond donors (Lipinski definition) is 2. The van der Waals surface area contributed by atoms with Gasteiger partial charge in [0.05, 0.1) is 0 Å². The molecule has 2 rings (SSSR count). The average Bonchev–Trinajstić information content (AvgIpc) is 2.60. The van der Waals surface area contributed by atoms with Crippen molar-refractivity contribution in [2.24, 2.45) is 0 Å². The molecule has 0 saturated carbocycles. The van der Waals surface area contributed by atoms with Gasteiger partial charge in [0.2, 0.25) is 11.9 Å². The molecule has 2 aromatic rings. The fraction of sp³-hybridized carbons (Fsp3) is 0.529. The Morgan fingerprint density at radius 2 is 1.42 bits per heavy atom. The minimum absolute atomic E-state index is 0.0432. The zero-order chi connectivity index (χ0) is 19.3. The lowest BCUT2D eigenvalue weighted by molar-refractivity contribution is -0.141. The Kier molecular flexibility index (Phi) is 6.33. The summed E-state index contributed by atoms with van der Waals surface area (Å²) in [6.45, 7) is 7.94. The van der Waals surface area contributed by atoms with Crippen molar-refractivity contribution in [2.45, 2.75) is 58.8 Å². The molecule has 0 aliphatic rings. The summed E-state index contributed by atoms with van der Waals surface area (Å²) in [4.78, 5) is 16.5. The molecule has 0 saturated heterocycles. The highest BCUT2D eigenvalue weighted by Crippen LogP contribution is 2.29. The molecule has 2 atom stereocenters. The van der Waals surface area contributed by atoms with Crippen LogP contribution in [0.5, 0.6) is 0 Å². The topological polar surface area (TPSA) is 75.6 Å². The molecule has 0 unspecified atom stereocenters. The molecule has 0 aromatic carbocycles. The summed E-state index contributed by atoms with van der Waals surface area (Å²) < 4.78 is 38.8. The van der Waals surface area contributed by atoms with Gasteiger partial charge in [-0.3, -0.25) is 0 Å². The van der Waals surface area contributed by atoms with Gasteiger partial charge in [-0.1, -0.05) is 19.9 Å². The number of anilines is 2. The lowest BCUT2D eigenvalue weighted by Gasteiger charge is -2.16. The van der Waals surface area contributed by atoms with Crippen molar-refractivity contribution in [1.29, 1.82) is 0 Å². The molecule has 26 heavy (non-hydrogen) atoms. The number of pyridine rings is 1. The number of nitrogens with zero attached hydrogens (tertiary/aromatic N) is 4. The number of alkyl halides is 3. The molecule has 2 heterocycles. The molecule has 0 aliphatic heterocycles. The van der Waals surface area contributed by atoms with E-state index in [4.69, 9.17) is 0 Å². The Balaban J connectivity index is 2.46. The first-order valence-electron chi connectivity index (χ1n) is 8.56. The average molecular weight is 368 g/mol. The van der Waals surface area contributed by atoms with E-state index in [1.165, 1.54) is 12.1 Å². The van der Waals surface area contributed by atoms with Gasteiger partial charge in [-0.15, -0.1) is 0 Å². The van der Waals surface area contributed by atoms with E-state index in [1.54, 1.807) is 0 Å². The Morgan fingerprint density at radius 1 is 0.885 bits per heavy atom. The zero-order valence-corrected chi connectivity index (χ0v) is 15.2. The van der Waals surface area contributed by atoms with Crippen molar-refractivity contribution in [2.75, 3.05) is 10.6 Å². The molecule has 0 amide bonds. The van der Waals surface area contributed by atoms with Gasteiger partial charge in [0.1, 0.15) is 11.4 Å². The van der Waals surface area contributed by atoms with Crippen LogP contribution in [-0.4, -0.2) is 32.0 Å². The van der Waals surface area contributed by atoms with Gasteiger partial charge in [0.15, 0.2) is 5.82 Å². The maximum absolute atomic E-state index is 12.9. The van der Waals surface area contributed by atoms with E-state index in [9.17, 15) is 13.2 Å². The maximum Gasteiger partial charge on any atom is 0.433 e. The van der Waals surface area contributed by atoms with Gasteiger partial charge in [0, 0.05) is 12.1 Å². The summed E-state index contributed by atoms with van der Waals surface area (Å²) in [7, 11) is 0. The van der Waals surface area contributed by atoms with E-state index in [0.717, 1.165) is 18.9 Å². The van der Waals surface area contributed by atoms with Crippen LogP contribution in [0.15, 0.2) is 18.2 Å². The van der Waals surface area contributed by atoms with Crippen molar-refractivity contribution >= 4 is 11.9 Å². The van der Waals surface area contributed by atoms with Crippen LogP contribution < -0.4 is 10.6 Å². The first kappa shape index (κ1) is 19.9. The first-order valence-corrected chi connectivity index (χ1v) is 8.56. The lowest BCUT2D eigenvalue weighted by Crippen LogP contribution is -2.20. The molecule has 2 aromatic heterocycles. The highest BCUT2D eigenvalue weighted by atomic mass is 19.4. The summed E-state index contributed by atoms with van der Waals surface area (Å²) in [5.74, 6) is 0.687. The summed E-state index contributed by atoms with van der Waals surface area (Å²) >= 11 is 0. The predicted molar refractivity (Wildman–Crippen MR) is 94.8 cm³/mol. The third kappa shape index (κ3) is 5.27. The van der Waals surface area contributed by atoms with Crippen LogP contribution in [0.1, 0.15) is 46.2 Å². The Hall–Kier alpha value is -2.45. The minimum atomic E-state index is -4.53. The summed E-state index contributed by atoms with van der Waals surface area (Å²) in [6.07, 6.45) is -2.84. The van der Waals surface area contributed by atoms with Crippen molar-refractivity contribution in [1.82, 2.24) is 19.9 Å². The molecular weight excluding hydrogens is 345 g/mol. The standard InChI is InChI=1S/C17H23F3N6/c1-5-10(3)21-15-24-14(25-16(26-15)22-11(4)6-2)12-8-7-9-13(23-12)17(18,19)20/h7-11H,5-6H2,1-4H3,(H2,21,22,24,25,26)/t10-,11+. The highest BCUT2D eigenvalue weighted by molar-refractivity contribution is 5.54. The van der Waals surface area contributed by atoms with E-state index >= 15 is 0 Å². The van der Waals surface area contributed by atoms with Gasteiger partial charge in [-0.2, -0.15) is 28.1 Å². The van der Waals surface area contributed by atoms with Crippen LogP contribution in [0, 0.1) is 0 Å². The molecule has 9 heteroatoms. The second-order valence-electron chi connectivity index (χ2n) is 6.12. The summed E-state index contributed by atoms with van der Waals surface area (Å²) in [6, 6.07) is 3.87. The second-order valence-corrected chi connectivity index (χ2v) is 6.12. The van der Waals surface area contributed by atoms with Crippen molar-refractivity contribution in [3.05, 3.63) is 23.9 Å². The third-order valence-electron chi connectivity index (χ3n) is 3.88. The zero-order valence-electron chi connectivity index (χ0n) is 15.2. The van der Waals surface area contributed by atoms with Crippen molar-refractivity contribution < 1.29 is 13.2 Å². The van der Waals surface area contributed by atoms with E-state index in [-0.39, 0.29) is 23.6 Å². The predicted octanol–water partition coefficient (Wildman–Crippen LogP) is 4.37.